The Bertz CT molecular complexity index is 640. The molecule has 2 aliphatic carbocycles. The van der Waals surface area contributed by atoms with E-state index in [2.05, 4.69) is 0 Å². The molecular formula is C19H22O4. The first-order chi connectivity index (χ1) is 11.2. The Kier molecular flexibility index (Phi) is 3.26. The summed E-state index contributed by atoms with van der Waals surface area (Å²) in [6, 6.07) is 9.68. The number of benzene rings is 1. The van der Waals surface area contributed by atoms with Crippen LogP contribution in [0.1, 0.15) is 44.1 Å². The molecule has 0 radical (unpaired) electrons. The average molecular weight is 314 g/mol. The Hall–Kier alpha value is -1.84. The topological polar surface area (TPSA) is 52.6 Å². The van der Waals surface area contributed by atoms with Crippen LogP contribution >= 0.6 is 0 Å². The van der Waals surface area contributed by atoms with Crippen molar-refractivity contribution in [2.75, 3.05) is 7.11 Å². The highest BCUT2D eigenvalue weighted by Gasteiger charge is 2.88. The predicted molar refractivity (Wildman–Crippen MR) is 83.6 cm³/mol. The standard InChI is InChI=1S/C19H22O4/c1-22-17(21)19-15-12-8-3-2-7-11-14(15)18(19,16(20)23-19)13-9-5-4-6-10-13/h4-6,9-10,14-15H,2-3,7-8,11-12H2,1H3. The van der Waals surface area contributed by atoms with Crippen LogP contribution in [0.25, 0.3) is 0 Å². The van der Waals surface area contributed by atoms with Gasteiger partial charge in [-0.3, -0.25) is 4.79 Å². The van der Waals surface area contributed by atoms with Gasteiger partial charge in [-0.2, -0.15) is 0 Å². The lowest BCUT2D eigenvalue weighted by Gasteiger charge is -2.71. The summed E-state index contributed by atoms with van der Waals surface area (Å²) in [6.07, 6.45) is 6.50. The zero-order valence-corrected chi connectivity index (χ0v) is 13.4. The van der Waals surface area contributed by atoms with Gasteiger partial charge in [-0.15, -0.1) is 0 Å². The van der Waals surface area contributed by atoms with E-state index in [-0.39, 0.29) is 23.8 Å². The van der Waals surface area contributed by atoms with Gasteiger partial charge in [0, 0.05) is 5.92 Å². The lowest BCUT2D eigenvalue weighted by Crippen LogP contribution is -2.88. The number of carbonyl (C=O) groups is 2. The second kappa shape index (κ2) is 5.08. The molecular weight excluding hydrogens is 292 g/mol. The normalized spacial score (nSPS) is 38.6. The van der Waals surface area contributed by atoms with Crippen LogP contribution in [0, 0.1) is 11.8 Å². The molecule has 0 amide bonds. The number of carbonyl (C=O) groups excluding carboxylic acids is 2. The monoisotopic (exact) mass is 314 g/mol. The lowest BCUT2D eigenvalue weighted by atomic mass is 9.36. The maximum absolute atomic E-state index is 12.7. The van der Waals surface area contributed by atoms with Crippen LogP contribution in [0.3, 0.4) is 0 Å². The molecule has 4 atom stereocenters. The van der Waals surface area contributed by atoms with Crippen molar-refractivity contribution >= 4 is 11.9 Å². The third kappa shape index (κ3) is 1.57. The smallest absolute Gasteiger partial charge is 0.352 e. The van der Waals surface area contributed by atoms with E-state index in [1.165, 1.54) is 20.0 Å². The molecule has 4 unspecified atom stereocenters. The minimum absolute atomic E-state index is 0.0909. The fraction of sp³-hybridized carbons (Fsp3) is 0.579. The van der Waals surface area contributed by atoms with E-state index in [0.717, 1.165) is 31.2 Å². The van der Waals surface area contributed by atoms with Gasteiger partial charge in [-0.05, 0) is 24.3 Å². The number of methoxy groups -OCH3 is 1. The molecule has 4 heteroatoms. The Morgan fingerprint density at radius 2 is 1.74 bits per heavy atom. The first-order valence-electron chi connectivity index (χ1n) is 8.57. The second-order valence-electron chi connectivity index (χ2n) is 7.00. The molecule has 1 saturated heterocycles. The highest BCUT2D eigenvalue weighted by atomic mass is 16.6. The van der Waals surface area contributed by atoms with Gasteiger partial charge in [0.15, 0.2) is 0 Å². The summed E-state index contributed by atoms with van der Waals surface area (Å²) in [6.45, 7) is 0. The molecule has 4 nitrogen and oxygen atoms in total. The van der Waals surface area contributed by atoms with Gasteiger partial charge < -0.3 is 9.47 Å². The van der Waals surface area contributed by atoms with Crippen LogP contribution in [0.4, 0.5) is 0 Å². The zero-order chi connectivity index (χ0) is 16.1. The van der Waals surface area contributed by atoms with Crippen molar-refractivity contribution in [1.82, 2.24) is 0 Å². The number of hydrogen-bond donors (Lipinski definition) is 0. The summed E-state index contributed by atoms with van der Waals surface area (Å²) < 4.78 is 10.7. The van der Waals surface area contributed by atoms with Gasteiger partial charge in [-0.25, -0.2) is 4.79 Å². The fourth-order valence-electron chi connectivity index (χ4n) is 5.35. The van der Waals surface area contributed by atoms with Crippen molar-refractivity contribution < 1.29 is 19.1 Å². The molecule has 0 N–H and O–H groups in total. The molecule has 122 valence electrons. The van der Waals surface area contributed by atoms with E-state index in [0.29, 0.717) is 0 Å². The summed E-state index contributed by atoms with van der Waals surface area (Å²) in [4.78, 5) is 25.3. The Morgan fingerprint density at radius 1 is 1.09 bits per heavy atom. The molecule has 4 rings (SSSR count). The number of ether oxygens (including phenoxy) is 2. The summed E-state index contributed by atoms with van der Waals surface area (Å²) in [5.41, 5.74) is -1.02. The number of hydrogen-bond acceptors (Lipinski definition) is 4. The molecule has 1 aromatic carbocycles. The predicted octanol–water partition coefficient (Wildman–Crippen LogP) is 2.99. The third-order valence-electron chi connectivity index (χ3n) is 6.22. The minimum Gasteiger partial charge on any atom is -0.466 e. The van der Waals surface area contributed by atoms with E-state index >= 15 is 0 Å². The number of esters is 2. The molecule has 2 saturated carbocycles. The van der Waals surface area contributed by atoms with Crippen molar-refractivity contribution in [3.8, 4) is 0 Å². The maximum Gasteiger partial charge on any atom is 0.352 e. The molecule has 1 aromatic rings. The number of rotatable bonds is 2. The molecule has 3 aliphatic rings. The molecule has 0 aromatic heterocycles. The van der Waals surface area contributed by atoms with E-state index in [9.17, 15) is 9.59 Å². The molecule has 0 bridgehead atoms. The summed E-state index contributed by atoms with van der Waals surface area (Å²) >= 11 is 0. The molecule has 0 spiro atoms. The van der Waals surface area contributed by atoms with Crippen LogP contribution in [0.2, 0.25) is 0 Å². The summed E-state index contributed by atoms with van der Waals surface area (Å²) in [7, 11) is 1.38. The Morgan fingerprint density at radius 3 is 2.35 bits per heavy atom. The van der Waals surface area contributed by atoms with Gasteiger partial charge in [0.05, 0.1) is 7.11 Å². The van der Waals surface area contributed by atoms with Gasteiger partial charge in [0.2, 0.25) is 5.60 Å². The van der Waals surface area contributed by atoms with Crippen LogP contribution < -0.4 is 0 Å². The highest BCUT2D eigenvalue weighted by molar-refractivity contribution is 6.06. The van der Waals surface area contributed by atoms with Gasteiger partial charge in [-0.1, -0.05) is 56.0 Å². The molecule has 3 fully saturated rings. The van der Waals surface area contributed by atoms with Crippen molar-refractivity contribution in [2.24, 2.45) is 11.8 Å². The Balaban J connectivity index is 1.85. The Labute approximate surface area is 136 Å². The lowest BCUT2D eigenvalue weighted by molar-refractivity contribution is -0.306. The summed E-state index contributed by atoms with van der Waals surface area (Å²) in [5, 5.41) is 0. The van der Waals surface area contributed by atoms with Crippen molar-refractivity contribution in [3.63, 3.8) is 0 Å². The first kappa shape index (κ1) is 14.7. The van der Waals surface area contributed by atoms with E-state index < -0.39 is 11.0 Å². The van der Waals surface area contributed by atoms with Crippen LogP contribution in [0.15, 0.2) is 30.3 Å². The first-order valence-corrected chi connectivity index (χ1v) is 8.57. The third-order valence-corrected chi connectivity index (χ3v) is 6.22. The summed E-state index contributed by atoms with van der Waals surface area (Å²) in [5.74, 6) is -0.364. The van der Waals surface area contributed by atoms with Crippen LogP contribution in [-0.4, -0.2) is 24.6 Å². The van der Waals surface area contributed by atoms with Gasteiger partial charge in [0.25, 0.3) is 0 Å². The van der Waals surface area contributed by atoms with Crippen LogP contribution in [0.5, 0.6) is 0 Å². The quantitative estimate of drug-likeness (QED) is 0.788. The van der Waals surface area contributed by atoms with Crippen molar-refractivity contribution in [3.05, 3.63) is 35.9 Å². The minimum atomic E-state index is -1.10. The molecule has 1 heterocycles. The maximum atomic E-state index is 12.7. The second-order valence-corrected chi connectivity index (χ2v) is 7.00. The molecule has 1 aliphatic heterocycles. The largest absolute Gasteiger partial charge is 0.466 e. The zero-order valence-electron chi connectivity index (χ0n) is 13.4. The average Bonchev–Trinajstić information content (AvgIpc) is 2.55. The van der Waals surface area contributed by atoms with Gasteiger partial charge >= 0.3 is 11.9 Å². The van der Waals surface area contributed by atoms with E-state index in [1.807, 2.05) is 30.3 Å². The number of fused-ring (bicyclic) bond motifs is 4. The molecule has 23 heavy (non-hydrogen) atoms. The SMILES string of the molecule is COC(=O)C12OC(=O)C1(c1ccccc1)C1CCCCCCC12. The van der Waals surface area contributed by atoms with Crippen molar-refractivity contribution in [2.45, 2.75) is 49.5 Å². The van der Waals surface area contributed by atoms with Crippen molar-refractivity contribution in [1.29, 1.82) is 0 Å². The van der Waals surface area contributed by atoms with Crippen LogP contribution in [-0.2, 0) is 24.5 Å². The van der Waals surface area contributed by atoms with E-state index in [4.69, 9.17) is 9.47 Å². The highest BCUT2D eigenvalue weighted by Crippen LogP contribution is 2.71. The fourth-order valence-corrected chi connectivity index (χ4v) is 5.35. The van der Waals surface area contributed by atoms with E-state index in [1.54, 1.807) is 0 Å². The van der Waals surface area contributed by atoms with Gasteiger partial charge in [0.1, 0.15) is 5.41 Å².